The number of nitrogens with zero attached hydrogens (tertiary/aromatic N) is 1. The first-order valence-electron chi connectivity index (χ1n) is 32.6. The number of phosphoric acid groups is 1. The van der Waals surface area contributed by atoms with Crippen molar-refractivity contribution in [1.29, 1.82) is 0 Å². The van der Waals surface area contributed by atoms with Crippen LogP contribution in [-0.4, -0.2) is 74.9 Å². The smallest absolute Gasteiger partial charge is 0.462 e. The van der Waals surface area contributed by atoms with E-state index in [1.807, 2.05) is 21.1 Å². The second-order valence-corrected chi connectivity index (χ2v) is 24.2. The Morgan fingerprint density at radius 3 is 1.10 bits per heavy atom. The molecule has 80 heavy (non-hydrogen) atoms. The molecule has 460 valence electrons. The highest BCUT2D eigenvalue weighted by Crippen LogP contribution is 2.43. The molecule has 1 N–H and O–H groups in total. The predicted molar refractivity (Wildman–Crippen MR) is 344 cm³/mol. The van der Waals surface area contributed by atoms with Gasteiger partial charge in [-0.05, 0) is 103 Å². The monoisotopic (exact) mass is 1140 g/mol. The summed E-state index contributed by atoms with van der Waals surface area (Å²) in [4.78, 5) is 35.8. The molecule has 0 aliphatic carbocycles. The summed E-state index contributed by atoms with van der Waals surface area (Å²) in [6.45, 7) is 4.28. The summed E-state index contributed by atoms with van der Waals surface area (Å²) in [5.74, 6) is -0.848. The third-order valence-electron chi connectivity index (χ3n) is 13.8. The molecular formula is C70H123NO8P+. The Kier molecular flexibility index (Phi) is 57.8. The van der Waals surface area contributed by atoms with E-state index in [1.165, 1.54) is 154 Å². The van der Waals surface area contributed by atoms with Crippen molar-refractivity contribution in [2.24, 2.45) is 0 Å². The molecule has 2 atom stereocenters. The van der Waals surface area contributed by atoms with Crippen LogP contribution in [0.4, 0.5) is 0 Å². The number of quaternary nitrogens is 1. The minimum Gasteiger partial charge on any atom is -0.462 e. The summed E-state index contributed by atoms with van der Waals surface area (Å²) in [6.07, 6.45) is 84.7. The summed E-state index contributed by atoms with van der Waals surface area (Å²) in [6, 6.07) is 0. The molecule has 0 aromatic heterocycles. The molecule has 0 fully saturated rings. The zero-order chi connectivity index (χ0) is 58.4. The fraction of sp³-hybridized carbons (Fsp3) is 0.714. The van der Waals surface area contributed by atoms with E-state index in [-0.39, 0.29) is 32.0 Å². The van der Waals surface area contributed by atoms with Crippen LogP contribution in [0.1, 0.15) is 271 Å². The van der Waals surface area contributed by atoms with E-state index in [0.29, 0.717) is 17.4 Å². The maximum atomic E-state index is 12.8. The van der Waals surface area contributed by atoms with Gasteiger partial charge in [-0.15, -0.1) is 0 Å². The molecule has 0 rings (SSSR count). The molecule has 0 bridgehead atoms. The Hall–Kier alpha value is -3.33. The van der Waals surface area contributed by atoms with Crippen LogP contribution in [0, 0.1) is 0 Å². The minimum absolute atomic E-state index is 0.0182. The highest BCUT2D eigenvalue weighted by Gasteiger charge is 2.27. The lowest BCUT2D eigenvalue weighted by Crippen LogP contribution is -2.37. The van der Waals surface area contributed by atoms with Gasteiger partial charge >= 0.3 is 19.8 Å². The third-order valence-corrected chi connectivity index (χ3v) is 14.8. The topological polar surface area (TPSA) is 108 Å². The standard InChI is InChI=1S/C70H122NO8P/c1-6-8-10-12-14-16-18-20-22-24-26-28-30-32-34-35-37-38-40-42-44-46-48-50-52-54-56-58-60-62-69(72)76-66-68(67-78-80(74,75)77-65-64-71(3,4)5)79-70(73)63-61-59-57-55-53-51-49-47-45-43-41-39-36-33-31-29-27-25-23-21-19-17-15-13-11-9-7-2/h9,11,15,17,21,23-24,26-27,29,33,36,41,43,47,49,53,55,68H,6-8,10,12-14,16,18-20,22,25,28,30-32,34-35,37-40,42,44-46,48,50-52,54,56-67H2,1-5H3/p+1/b11-9-,17-15-,23-21-,26-24-,29-27-,36-33-,43-41-,49-47-,55-53-. The number of ether oxygens (including phenoxy) is 2. The Labute approximate surface area is 493 Å². The molecule has 0 aromatic rings. The summed E-state index contributed by atoms with van der Waals surface area (Å²) < 4.78 is 34.6. The minimum atomic E-state index is -4.41. The fourth-order valence-electron chi connectivity index (χ4n) is 8.79. The van der Waals surface area contributed by atoms with E-state index in [4.69, 9.17) is 18.5 Å². The average Bonchev–Trinajstić information content (AvgIpc) is 3.42. The molecule has 0 aromatic carbocycles. The van der Waals surface area contributed by atoms with Gasteiger partial charge in [-0.3, -0.25) is 18.6 Å². The van der Waals surface area contributed by atoms with Crippen LogP contribution in [0.25, 0.3) is 0 Å². The first-order chi connectivity index (χ1) is 39.0. The van der Waals surface area contributed by atoms with Gasteiger partial charge in [0.2, 0.25) is 0 Å². The summed E-state index contributed by atoms with van der Waals surface area (Å²) in [5.41, 5.74) is 0. The number of phosphoric ester groups is 1. The van der Waals surface area contributed by atoms with Crippen LogP contribution in [-0.2, 0) is 32.7 Å². The Bertz CT molecular complexity index is 1720. The van der Waals surface area contributed by atoms with Gasteiger partial charge in [-0.1, -0.05) is 264 Å². The molecule has 9 nitrogen and oxygen atoms in total. The third kappa shape index (κ3) is 63.8. The molecule has 0 aliphatic rings. The molecule has 10 heteroatoms. The molecule has 0 aliphatic heterocycles. The van der Waals surface area contributed by atoms with E-state index in [1.54, 1.807) is 0 Å². The van der Waals surface area contributed by atoms with Crippen LogP contribution >= 0.6 is 7.82 Å². The molecule has 0 saturated heterocycles. The van der Waals surface area contributed by atoms with E-state index in [0.717, 1.165) is 83.5 Å². The van der Waals surface area contributed by atoms with Crippen LogP contribution in [0.3, 0.4) is 0 Å². The normalized spacial score (nSPS) is 13.9. The van der Waals surface area contributed by atoms with Gasteiger partial charge in [0.25, 0.3) is 0 Å². The number of unbranched alkanes of at least 4 members (excludes halogenated alkanes) is 27. The Morgan fingerprint density at radius 1 is 0.400 bits per heavy atom. The first-order valence-corrected chi connectivity index (χ1v) is 34.1. The van der Waals surface area contributed by atoms with E-state index in [9.17, 15) is 19.0 Å². The Balaban J connectivity index is 4.18. The zero-order valence-electron chi connectivity index (χ0n) is 52.3. The number of carbonyl (C=O) groups excluding carboxylic acids is 2. The highest BCUT2D eigenvalue weighted by molar-refractivity contribution is 7.47. The lowest BCUT2D eigenvalue weighted by Gasteiger charge is -2.24. The van der Waals surface area contributed by atoms with Crippen molar-refractivity contribution in [1.82, 2.24) is 0 Å². The van der Waals surface area contributed by atoms with Crippen molar-refractivity contribution < 1.29 is 42.1 Å². The highest BCUT2D eigenvalue weighted by atomic mass is 31.2. The molecule has 2 unspecified atom stereocenters. The lowest BCUT2D eigenvalue weighted by molar-refractivity contribution is -0.870. The van der Waals surface area contributed by atoms with E-state index < -0.39 is 26.5 Å². The first kappa shape index (κ1) is 76.7. The number of likely N-dealkylation sites (N-methyl/N-ethyl adjacent to an activating group) is 1. The molecule has 0 spiro atoms. The van der Waals surface area contributed by atoms with Gasteiger partial charge < -0.3 is 18.9 Å². The van der Waals surface area contributed by atoms with Gasteiger partial charge in [-0.2, -0.15) is 0 Å². The van der Waals surface area contributed by atoms with Gasteiger partial charge in [0.1, 0.15) is 19.8 Å². The second-order valence-electron chi connectivity index (χ2n) is 22.8. The molecule has 0 radical (unpaired) electrons. The van der Waals surface area contributed by atoms with Gasteiger partial charge in [0, 0.05) is 12.8 Å². The average molecular weight is 1140 g/mol. The van der Waals surface area contributed by atoms with Crippen molar-refractivity contribution in [3.8, 4) is 0 Å². The van der Waals surface area contributed by atoms with Crippen molar-refractivity contribution in [2.75, 3.05) is 47.5 Å². The number of esters is 2. The maximum absolute atomic E-state index is 12.8. The number of carbonyl (C=O) groups is 2. The van der Waals surface area contributed by atoms with Crippen molar-refractivity contribution >= 4 is 19.8 Å². The van der Waals surface area contributed by atoms with Crippen LogP contribution in [0.5, 0.6) is 0 Å². The number of hydrogen-bond donors (Lipinski definition) is 1. The summed E-state index contributed by atoms with van der Waals surface area (Å²) in [7, 11) is 1.44. The van der Waals surface area contributed by atoms with Gasteiger partial charge in [-0.25, -0.2) is 4.57 Å². The fourth-order valence-corrected chi connectivity index (χ4v) is 9.53. The van der Waals surface area contributed by atoms with Crippen LogP contribution < -0.4 is 0 Å². The summed E-state index contributed by atoms with van der Waals surface area (Å²) in [5, 5.41) is 0. The number of hydrogen-bond acceptors (Lipinski definition) is 7. The summed E-state index contributed by atoms with van der Waals surface area (Å²) >= 11 is 0. The molecule has 0 amide bonds. The van der Waals surface area contributed by atoms with Crippen LogP contribution in [0.15, 0.2) is 109 Å². The second kappa shape index (κ2) is 60.3. The lowest BCUT2D eigenvalue weighted by atomic mass is 10.0. The van der Waals surface area contributed by atoms with Crippen molar-refractivity contribution in [3.63, 3.8) is 0 Å². The molecule has 0 saturated carbocycles. The SMILES string of the molecule is CC/C=C\C/C=C\C/C=C\C/C=C\C/C=C\C/C=C\C/C=C\C/C=C\CCCCC(=O)OC(COC(=O)CCCCCCCCCCCCCCCCCCC/C=C\CCCCCCCCCC)COP(=O)(O)OCC[N+](C)(C)C. The number of allylic oxidation sites excluding steroid dienone is 18. The van der Waals surface area contributed by atoms with Crippen LogP contribution in [0.2, 0.25) is 0 Å². The van der Waals surface area contributed by atoms with E-state index in [2.05, 4.69) is 123 Å². The van der Waals surface area contributed by atoms with E-state index >= 15 is 0 Å². The number of rotatable bonds is 59. The van der Waals surface area contributed by atoms with Crippen molar-refractivity contribution in [2.45, 2.75) is 277 Å². The Morgan fingerprint density at radius 2 is 0.713 bits per heavy atom. The predicted octanol–water partition coefficient (Wildman–Crippen LogP) is 20.9. The van der Waals surface area contributed by atoms with Gasteiger partial charge in [0.15, 0.2) is 6.10 Å². The zero-order valence-corrected chi connectivity index (χ0v) is 53.2. The van der Waals surface area contributed by atoms with Crippen molar-refractivity contribution in [3.05, 3.63) is 109 Å². The molecular weight excluding hydrogens is 1010 g/mol. The molecule has 0 heterocycles. The largest absolute Gasteiger partial charge is 0.472 e. The quantitative estimate of drug-likeness (QED) is 0.0211. The maximum Gasteiger partial charge on any atom is 0.472 e. The van der Waals surface area contributed by atoms with Gasteiger partial charge in [0.05, 0.1) is 27.7 Å².